The van der Waals surface area contributed by atoms with Gasteiger partial charge in [0, 0.05) is 17.5 Å². The van der Waals surface area contributed by atoms with Gasteiger partial charge in [-0.2, -0.15) is 0 Å². The maximum Gasteiger partial charge on any atom is 0.224 e. The first-order chi connectivity index (χ1) is 10.7. The van der Waals surface area contributed by atoms with E-state index in [0.29, 0.717) is 30.5 Å². The highest BCUT2D eigenvalue weighted by Gasteiger charge is 2.21. The number of halogens is 1. The number of carbonyl (C=O) groups excluding carboxylic acids is 1. The second-order valence-electron chi connectivity index (χ2n) is 5.44. The fourth-order valence-corrected chi connectivity index (χ4v) is 2.94. The summed E-state index contributed by atoms with van der Waals surface area (Å²) in [6.07, 6.45) is 1.23. The molecule has 1 amide bonds. The van der Waals surface area contributed by atoms with Gasteiger partial charge < -0.3 is 10.1 Å². The van der Waals surface area contributed by atoms with Crippen LogP contribution in [0.4, 0.5) is 0 Å². The molecule has 0 aliphatic carbocycles. The zero-order valence-electron chi connectivity index (χ0n) is 12.2. The molecule has 1 aliphatic rings. The third kappa shape index (κ3) is 3.42. The van der Waals surface area contributed by atoms with Crippen molar-refractivity contribution in [3.63, 3.8) is 0 Å². The van der Waals surface area contributed by atoms with Crippen molar-refractivity contribution in [2.75, 3.05) is 13.2 Å². The first kappa shape index (κ1) is 14.9. The molecule has 2 aromatic carbocycles. The lowest BCUT2D eigenvalue weighted by Gasteiger charge is -2.26. The summed E-state index contributed by atoms with van der Waals surface area (Å²) >= 11 is 6.09. The zero-order valence-corrected chi connectivity index (χ0v) is 13.0. The largest absolute Gasteiger partial charge is 0.493 e. The molecule has 0 fully saturated rings. The lowest BCUT2D eigenvalue weighted by molar-refractivity contribution is -0.120. The molecular weight excluding hydrogens is 298 g/mol. The summed E-state index contributed by atoms with van der Waals surface area (Å²) in [5.74, 6) is 1.23. The predicted molar refractivity (Wildman–Crippen MR) is 87.5 cm³/mol. The molecule has 1 aliphatic heterocycles. The summed E-state index contributed by atoms with van der Waals surface area (Å²) < 4.78 is 5.64. The first-order valence-corrected chi connectivity index (χ1v) is 7.83. The Labute approximate surface area is 135 Å². The van der Waals surface area contributed by atoms with Crippen molar-refractivity contribution < 1.29 is 9.53 Å². The summed E-state index contributed by atoms with van der Waals surface area (Å²) in [5.41, 5.74) is 2.03. The van der Waals surface area contributed by atoms with E-state index in [0.717, 1.165) is 17.7 Å². The highest BCUT2D eigenvalue weighted by molar-refractivity contribution is 6.31. The Balaban J connectivity index is 1.59. The average molecular weight is 316 g/mol. The third-order valence-corrected chi connectivity index (χ3v) is 4.31. The van der Waals surface area contributed by atoms with E-state index in [4.69, 9.17) is 16.3 Å². The SMILES string of the molecule is O=C(Cc1ccccc1Cl)NCC1CCOc2ccccc21. The van der Waals surface area contributed by atoms with E-state index >= 15 is 0 Å². The number of hydrogen-bond donors (Lipinski definition) is 1. The van der Waals surface area contributed by atoms with Crippen molar-refractivity contribution in [1.29, 1.82) is 0 Å². The van der Waals surface area contributed by atoms with Crippen molar-refractivity contribution in [3.8, 4) is 5.75 Å². The minimum atomic E-state index is -0.00271. The molecule has 0 aromatic heterocycles. The normalized spacial score (nSPS) is 16.5. The number of rotatable bonds is 4. The molecule has 0 radical (unpaired) electrons. The summed E-state index contributed by atoms with van der Waals surface area (Å²) in [4.78, 5) is 12.1. The molecule has 3 nitrogen and oxygen atoms in total. The quantitative estimate of drug-likeness (QED) is 0.936. The lowest BCUT2D eigenvalue weighted by Crippen LogP contribution is -2.31. The fourth-order valence-electron chi connectivity index (χ4n) is 2.74. The zero-order chi connectivity index (χ0) is 15.4. The Morgan fingerprint density at radius 3 is 2.82 bits per heavy atom. The highest BCUT2D eigenvalue weighted by Crippen LogP contribution is 2.32. The number of hydrogen-bond acceptors (Lipinski definition) is 2. The highest BCUT2D eigenvalue weighted by atomic mass is 35.5. The Morgan fingerprint density at radius 2 is 1.95 bits per heavy atom. The van der Waals surface area contributed by atoms with Crippen LogP contribution in [-0.4, -0.2) is 19.1 Å². The van der Waals surface area contributed by atoms with Crippen LogP contribution < -0.4 is 10.1 Å². The van der Waals surface area contributed by atoms with Gasteiger partial charge in [0.25, 0.3) is 0 Å². The molecule has 0 spiro atoms. The smallest absolute Gasteiger partial charge is 0.224 e. The summed E-state index contributed by atoms with van der Waals surface area (Å²) in [5, 5.41) is 3.65. The molecule has 3 rings (SSSR count). The second kappa shape index (κ2) is 6.84. The number of fused-ring (bicyclic) bond motifs is 1. The van der Waals surface area contributed by atoms with Crippen LogP contribution in [0.25, 0.3) is 0 Å². The Hall–Kier alpha value is -2.00. The topological polar surface area (TPSA) is 38.3 Å². The van der Waals surface area contributed by atoms with E-state index in [1.54, 1.807) is 6.07 Å². The van der Waals surface area contributed by atoms with Gasteiger partial charge in [0.1, 0.15) is 5.75 Å². The molecule has 0 saturated heterocycles. The Bertz CT molecular complexity index is 672. The molecule has 1 atom stereocenters. The van der Waals surface area contributed by atoms with E-state index in [-0.39, 0.29) is 5.91 Å². The lowest BCUT2D eigenvalue weighted by atomic mass is 9.93. The fraction of sp³-hybridized carbons (Fsp3) is 0.278. The standard InChI is InChI=1S/C18H18ClNO2/c19-16-7-3-1-5-13(16)11-18(21)20-12-14-9-10-22-17-8-4-2-6-15(14)17/h1-8,14H,9-12H2,(H,20,21). The number of para-hydroxylation sites is 1. The monoisotopic (exact) mass is 315 g/mol. The van der Waals surface area contributed by atoms with Gasteiger partial charge in [-0.15, -0.1) is 0 Å². The maximum atomic E-state index is 12.1. The minimum Gasteiger partial charge on any atom is -0.493 e. The number of benzene rings is 2. The number of nitrogens with one attached hydrogen (secondary N) is 1. The molecule has 1 heterocycles. The van der Waals surface area contributed by atoms with Crippen molar-refractivity contribution in [2.24, 2.45) is 0 Å². The van der Waals surface area contributed by atoms with Gasteiger partial charge in [-0.25, -0.2) is 0 Å². The van der Waals surface area contributed by atoms with E-state index in [9.17, 15) is 4.79 Å². The van der Waals surface area contributed by atoms with E-state index < -0.39 is 0 Å². The minimum absolute atomic E-state index is 0.00271. The van der Waals surface area contributed by atoms with Gasteiger partial charge in [-0.1, -0.05) is 48.0 Å². The third-order valence-electron chi connectivity index (χ3n) is 3.94. The van der Waals surface area contributed by atoms with Crippen molar-refractivity contribution >= 4 is 17.5 Å². The number of carbonyl (C=O) groups is 1. The van der Waals surface area contributed by atoms with Crippen molar-refractivity contribution in [3.05, 3.63) is 64.7 Å². The van der Waals surface area contributed by atoms with Crippen LogP contribution in [0.5, 0.6) is 5.75 Å². The van der Waals surface area contributed by atoms with Crippen LogP contribution in [0.15, 0.2) is 48.5 Å². The van der Waals surface area contributed by atoms with Gasteiger partial charge in [0.15, 0.2) is 0 Å². The van der Waals surface area contributed by atoms with Crippen molar-refractivity contribution in [2.45, 2.75) is 18.8 Å². The van der Waals surface area contributed by atoms with Crippen LogP contribution in [0.3, 0.4) is 0 Å². The van der Waals surface area contributed by atoms with Crippen LogP contribution in [0.2, 0.25) is 5.02 Å². The molecule has 0 bridgehead atoms. The average Bonchev–Trinajstić information content (AvgIpc) is 2.55. The van der Waals surface area contributed by atoms with Gasteiger partial charge in [0.2, 0.25) is 5.91 Å². The van der Waals surface area contributed by atoms with Crippen LogP contribution in [-0.2, 0) is 11.2 Å². The molecule has 2 aromatic rings. The summed E-state index contributed by atoms with van der Waals surface area (Å²) in [6.45, 7) is 1.33. The second-order valence-corrected chi connectivity index (χ2v) is 5.85. The van der Waals surface area contributed by atoms with Crippen molar-refractivity contribution in [1.82, 2.24) is 5.32 Å². The first-order valence-electron chi connectivity index (χ1n) is 7.46. The molecular formula is C18H18ClNO2. The molecule has 1 N–H and O–H groups in total. The molecule has 114 valence electrons. The summed E-state index contributed by atoms with van der Waals surface area (Å²) in [6, 6.07) is 15.5. The van der Waals surface area contributed by atoms with Gasteiger partial charge >= 0.3 is 0 Å². The molecule has 1 unspecified atom stereocenters. The number of ether oxygens (including phenoxy) is 1. The van der Waals surface area contributed by atoms with Gasteiger partial charge in [-0.05, 0) is 29.7 Å². The molecule has 0 saturated carbocycles. The van der Waals surface area contributed by atoms with E-state index in [2.05, 4.69) is 11.4 Å². The molecule has 22 heavy (non-hydrogen) atoms. The van der Waals surface area contributed by atoms with Crippen LogP contribution in [0.1, 0.15) is 23.5 Å². The number of amides is 1. The Morgan fingerprint density at radius 1 is 1.18 bits per heavy atom. The predicted octanol–water partition coefficient (Wildman–Crippen LogP) is 3.57. The van der Waals surface area contributed by atoms with Gasteiger partial charge in [0.05, 0.1) is 13.0 Å². The van der Waals surface area contributed by atoms with E-state index in [1.807, 2.05) is 36.4 Å². The maximum absolute atomic E-state index is 12.1. The van der Waals surface area contributed by atoms with Gasteiger partial charge in [-0.3, -0.25) is 4.79 Å². The van der Waals surface area contributed by atoms with Crippen LogP contribution >= 0.6 is 11.6 Å². The Kier molecular flexibility index (Phi) is 4.64. The summed E-state index contributed by atoms with van der Waals surface area (Å²) in [7, 11) is 0. The van der Waals surface area contributed by atoms with Crippen LogP contribution in [0, 0.1) is 0 Å². The molecule has 4 heteroatoms. The van der Waals surface area contributed by atoms with E-state index in [1.165, 1.54) is 5.56 Å².